The highest BCUT2D eigenvalue weighted by Crippen LogP contribution is 2.34. The van der Waals surface area contributed by atoms with E-state index in [1.54, 1.807) is 21.0 Å². The van der Waals surface area contributed by atoms with Crippen LogP contribution in [0.4, 0.5) is 0 Å². The maximum atomic E-state index is 11.6. The zero-order valence-electron chi connectivity index (χ0n) is 10.4. The highest BCUT2D eigenvalue weighted by molar-refractivity contribution is 5.79. The summed E-state index contributed by atoms with van der Waals surface area (Å²) in [6.07, 6.45) is 3.72. The highest BCUT2D eigenvalue weighted by atomic mass is 16.5. The lowest BCUT2D eigenvalue weighted by molar-refractivity contribution is -0.172. The molecule has 94 valence electrons. The number of aliphatic hydroxyl groups is 1. The molecule has 4 heteroatoms. The number of esters is 1. The van der Waals surface area contributed by atoms with Crippen molar-refractivity contribution in [3.63, 3.8) is 0 Å². The topological polar surface area (TPSA) is 55.8 Å². The molecule has 1 aliphatic carbocycles. The molecule has 0 saturated heterocycles. The van der Waals surface area contributed by atoms with Crippen molar-refractivity contribution in [1.29, 1.82) is 0 Å². The third-order valence-corrected chi connectivity index (χ3v) is 3.44. The molecule has 4 nitrogen and oxygen atoms in total. The molecule has 0 aromatic rings. The predicted octanol–water partition coefficient (Wildman–Crippen LogP) is 1.51. The molecule has 16 heavy (non-hydrogen) atoms. The van der Waals surface area contributed by atoms with Crippen LogP contribution in [0.2, 0.25) is 0 Å². The van der Waals surface area contributed by atoms with Crippen LogP contribution in [0.1, 0.15) is 39.5 Å². The Morgan fingerprint density at radius 2 is 2.19 bits per heavy atom. The number of hydrogen-bond donors (Lipinski definition) is 1. The number of methoxy groups -OCH3 is 1. The Bertz CT molecular complexity index is 237. The smallest absolute Gasteiger partial charge is 0.338 e. The van der Waals surface area contributed by atoms with Gasteiger partial charge in [-0.1, -0.05) is 6.42 Å². The van der Waals surface area contributed by atoms with E-state index in [0.717, 1.165) is 25.7 Å². The van der Waals surface area contributed by atoms with E-state index in [0.29, 0.717) is 6.61 Å². The Kier molecular flexibility index (Phi) is 4.74. The van der Waals surface area contributed by atoms with Gasteiger partial charge in [-0.25, -0.2) is 4.79 Å². The molecule has 1 N–H and O–H groups in total. The van der Waals surface area contributed by atoms with Crippen LogP contribution in [0.25, 0.3) is 0 Å². The quantitative estimate of drug-likeness (QED) is 0.744. The van der Waals surface area contributed by atoms with Crippen molar-refractivity contribution in [2.24, 2.45) is 5.92 Å². The summed E-state index contributed by atoms with van der Waals surface area (Å²) < 4.78 is 10.2. The summed E-state index contributed by atoms with van der Waals surface area (Å²) in [5.74, 6) is -0.581. The third-order valence-electron chi connectivity index (χ3n) is 3.44. The predicted molar refractivity (Wildman–Crippen MR) is 60.0 cm³/mol. The second-order valence-corrected chi connectivity index (χ2v) is 4.59. The molecule has 0 radical (unpaired) electrons. The standard InChI is InChI=1S/C12H22O4/c1-4-16-11(13)12(2,14)9-6-5-7-10(8-9)15-3/h9-10,14H,4-8H2,1-3H3. The first kappa shape index (κ1) is 13.5. The van der Waals surface area contributed by atoms with Crippen molar-refractivity contribution in [3.8, 4) is 0 Å². The van der Waals surface area contributed by atoms with Gasteiger partial charge < -0.3 is 14.6 Å². The van der Waals surface area contributed by atoms with E-state index in [2.05, 4.69) is 0 Å². The van der Waals surface area contributed by atoms with E-state index in [1.165, 1.54) is 0 Å². The third kappa shape index (κ3) is 2.95. The van der Waals surface area contributed by atoms with Crippen molar-refractivity contribution in [3.05, 3.63) is 0 Å². The second kappa shape index (κ2) is 5.64. The van der Waals surface area contributed by atoms with Gasteiger partial charge in [0.25, 0.3) is 0 Å². The fourth-order valence-corrected chi connectivity index (χ4v) is 2.31. The maximum absolute atomic E-state index is 11.6. The first-order valence-corrected chi connectivity index (χ1v) is 5.94. The zero-order valence-corrected chi connectivity index (χ0v) is 10.4. The van der Waals surface area contributed by atoms with Crippen LogP contribution < -0.4 is 0 Å². The van der Waals surface area contributed by atoms with Crippen molar-refractivity contribution in [2.75, 3.05) is 13.7 Å². The molecular weight excluding hydrogens is 208 g/mol. The Morgan fingerprint density at radius 1 is 1.50 bits per heavy atom. The monoisotopic (exact) mass is 230 g/mol. The van der Waals surface area contributed by atoms with E-state index in [-0.39, 0.29) is 12.0 Å². The van der Waals surface area contributed by atoms with Gasteiger partial charge in [-0.2, -0.15) is 0 Å². The Labute approximate surface area is 96.9 Å². The van der Waals surface area contributed by atoms with E-state index in [9.17, 15) is 9.90 Å². The van der Waals surface area contributed by atoms with Gasteiger partial charge in [0.05, 0.1) is 12.7 Å². The lowest BCUT2D eigenvalue weighted by Crippen LogP contribution is -2.46. The SMILES string of the molecule is CCOC(=O)C(C)(O)C1CCCC(OC)C1. The van der Waals surface area contributed by atoms with Gasteiger partial charge >= 0.3 is 5.97 Å². The van der Waals surface area contributed by atoms with E-state index in [1.807, 2.05) is 0 Å². The zero-order chi connectivity index (χ0) is 12.2. The number of ether oxygens (including phenoxy) is 2. The second-order valence-electron chi connectivity index (χ2n) is 4.59. The van der Waals surface area contributed by atoms with Crippen molar-refractivity contribution in [1.82, 2.24) is 0 Å². The van der Waals surface area contributed by atoms with E-state index < -0.39 is 11.6 Å². The minimum atomic E-state index is -1.38. The summed E-state index contributed by atoms with van der Waals surface area (Å²) in [6, 6.07) is 0. The summed E-state index contributed by atoms with van der Waals surface area (Å²) >= 11 is 0. The molecule has 0 bridgehead atoms. The van der Waals surface area contributed by atoms with Crippen LogP contribution in [-0.2, 0) is 14.3 Å². The summed E-state index contributed by atoms with van der Waals surface area (Å²) in [5.41, 5.74) is -1.38. The van der Waals surface area contributed by atoms with Crippen LogP contribution in [0, 0.1) is 5.92 Å². The van der Waals surface area contributed by atoms with Gasteiger partial charge in [0.1, 0.15) is 0 Å². The number of rotatable bonds is 4. The molecule has 3 atom stereocenters. The van der Waals surface area contributed by atoms with Gasteiger partial charge in [0.15, 0.2) is 5.60 Å². The van der Waals surface area contributed by atoms with Crippen LogP contribution in [0.5, 0.6) is 0 Å². The molecule has 0 amide bonds. The fraction of sp³-hybridized carbons (Fsp3) is 0.917. The molecule has 0 aromatic heterocycles. The van der Waals surface area contributed by atoms with Gasteiger partial charge in [-0.3, -0.25) is 0 Å². The molecule has 1 saturated carbocycles. The summed E-state index contributed by atoms with van der Waals surface area (Å²) in [4.78, 5) is 11.6. The summed E-state index contributed by atoms with van der Waals surface area (Å²) in [5, 5.41) is 10.2. The largest absolute Gasteiger partial charge is 0.464 e. The van der Waals surface area contributed by atoms with Gasteiger partial charge in [-0.05, 0) is 33.1 Å². The van der Waals surface area contributed by atoms with Crippen molar-refractivity contribution >= 4 is 5.97 Å². The molecule has 1 fully saturated rings. The minimum absolute atomic E-state index is 0.0646. The van der Waals surface area contributed by atoms with Crippen LogP contribution in [0.3, 0.4) is 0 Å². The Hall–Kier alpha value is -0.610. The highest BCUT2D eigenvalue weighted by Gasteiger charge is 2.42. The average Bonchev–Trinajstić information content (AvgIpc) is 2.29. The molecule has 1 aliphatic rings. The molecule has 3 unspecified atom stereocenters. The normalized spacial score (nSPS) is 29.5. The van der Waals surface area contributed by atoms with Crippen molar-refractivity contribution < 1.29 is 19.4 Å². The molecule has 0 spiro atoms. The first-order valence-electron chi connectivity index (χ1n) is 5.94. The lowest BCUT2D eigenvalue weighted by Gasteiger charge is -2.36. The first-order chi connectivity index (χ1) is 7.52. The molecule has 1 rings (SSSR count). The van der Waals surface area contributed by atoms with Gasteiger partial charge in [0.2, 0.25) is 0 Å². The van der Waals surface area contributed by atoms with Crippen molar-refractivity contribution in [2.45, 2.75) is 51.2 Å². The fourth-order valence-electron chi connectivity index (χ4n) is 2.31. The molecule has 0 heterocycles. The van der Waals surface area contributed by atoms with E-state index >= 15 is 0 Å². The van der Waals surface area contributed by atoms with Gasteiger partial charge in [-0.15, -0.1) is 0 Å². The number of hydrogen-bond acceptors (Lipinski definition) is 4. The van der Waals surface area contributed by atoms with Crippen LogP contribution in [0.15, 0.2) is 0 Å². The summed E-state index contributed by atoms with van der Waals surface area (Å²) in [7, 11) is 1.67. The summed E-state index contributed by atoms with van der Waals surface area (Å²) in [6.45, 7) is 3.59. The molecule has 0 aliphatic heterocycles. The molecular formula is C12H22O4. The number of carbonyl (C=O) groups is 1. The lowest BCUT2D eigenvalue weighted by atomic mass is 9.76. The number of carbonyl (C=O) groups excluding carboxylic acids is 1. The van der Waals surface area contributed by atoms with Gasteiger partial charge in [0, 0.05) is 13.0 Å². The Balaban J connectivity index is 2.63. The van der Waals surface area contributed by atoms with Crippen LogP contribution in [-0.4, -0.2) is 36.5 Å². The average molecular weight is 230 g/mol. The molecule has 0 aromatic carbocycles. The van der Waals surface area contributed by atoms with E-state index in [4.69, 9.17) is 9.47 Å². The minimum Gasteiger partial charge on any atom is -0.464 e. The Morgan fingerprint density at radius 3 is 2.75 bits per heavy atom. The van der Waals surface area contributed by atoms with Crippen LogP contribution >= 0.6 is 0 Å². The maximum Gasteiger partial charge on any atom is 0.338 e.